The summed E-state index contributed by atoms with van der Waals surface area (Å²) >= 11 is 1.58. The fraction of sp³-hybridized carbons (Fsp3) is 0.343. The van der Waals surface area contributed by atoms with Gasteiger partial charge in [-0.2, -0.15) is 0 Å². The van der Waals surface area contributed by atoms with Crippen LogP contribution in [-0.2, 0) is 28.8 Å². The smallest absolute Gasteiger partial charge is 0.407 e. The summed E-state index contributed by atoms with van der Waals surface area (Å²) in [4.78, 5) is 30.5. The number of nitrogens with one attached hydrogen (secondary N) is 2. The summed E-state index contributed by atoms with van der Waals surface area (Å²) < 4.78 is 5.60. The van der Waals surface area contributed by atoms with Crippen molar-refractivity contribution in [1.82, 2.24) is 15.6 Å². The summed E-state index contributed by atoms with van der Waals surface area (Å²) in [5.41, 5.74) is 2.80. The van der Waals surface area contributed by atoms with E-state index in [4.69, 9.17) is 4.74 Å². The Balaban J connectivity index is 1.46. The number of aromatic nitrogens is 1. The fourth-order valence-corrected chi connectivity index (χ4v) is 6.02. The van der Waals surface area contributed by atoms with E-state index < -0.39 is 11.7 Å². The normalized spacial score (nSPS) is 12.8. The second-order valence-electron chi connectivity index (χ2n) is 11.5. The zero-order chi connectivity index (χ0) is 29.8. The van der Waals surface area contributed by atoms with Gasteiger partial charge in [0.25, 0.3) is 0 Å². The third-order valence-corrected chi connectivity index (χ3v) is 8.16. The average Bonchev–Trinajstić information content (AvgIpc) is 2.97. The molecule has 42 heavy (non-hydrogen) atoms. The number of carbonyl (C=O) groups is 2. The van der Waals surface area contributed by atoms with Crippen LogP contribution in [0.3, 0.4) is 0 Å². The first-order valence-electron chi connectivity index (χ1n) is 14.5. The topological polar surface area (TPSA) is 80.3 Å². The highest BCUT2D eigenvalue weighted by Crippen LogP contribution is 2.24. The third-order valence-electron chi connectivity index (χ3n) is 6.79. The van der Waals surface area contributed by atoms with Crippen LogP contribution in [0.2, 0.25) is 0 Å². The molecular weight excluding hydrogens is 542 g/mol. The minimum absolute atomic E-state index is 0.0104. The number of nitrogens with zero attached hydrogens (tertiary/aromatic N) is 1. The van der Waals surface area contributed by atoms with Gasteiger partial charge >= 0.3 is 6.09 Å². The number of benzene rings is 3. The van der Waals surface area contributed by atoms with Gasteiger partial charge in [0.2, 0.25) is 5.91 Å². The molecule has 7 heteroatoms. The molecule has 0 unspecified atom stereocenters. The number of hydrogen-bond acceptors (Lipinski definition) is 5. The summed E-state index contributed by atoms with van der Waals surface area (Å²) in [6.07, 6.45) is 6.10. The predicted molar refractivity (Wildman–Crippen MR) is 173 cm³/mol. The minimum Gasteiger partial charge on any atom is -0.444 e. The molecule has 2 amide bonds. The number of aryl methyl sites for hydroxylation is 1. The van der Waals surface area contributed by atoms with Crippen molar-refractivity contribution in [2.45, 2.75) is 63.3 Å². The van der Waals surface area contributed by atoms with Gasteiger partial charge in [-0.15, -0.1) is 11.8 Å². The fourth-order valence-electron chi connectivity index (χ4n) is 4.81. The van der Waals surface area contributed by atoms with Crippen LogP contribution in [0.1, 0.15) is 43.9 Å². The number of alkyl carbamates (subject to hydrolysis) is 1. The number of rotatable bonds is 13. The molecule has 0 saturated heterocycles. The Kier molecular flexibility index (Phi) is 11.4. The molecule has 0 aliphatic carbocycles. The third kappa shape index (κ3) is 10.2. The van der Waals surface area contributed by atoms with E-state index in [0.29, 0.717) is 25.1 Å². The van der Waals surface area contributed by atoms with Gasteiger partial charge in [-0.05, 0) is 80.0 Å². The highest BCUT2D eigenvalue weighted by atomic mass is 32.2. The van der Waals surface area contributed by atoms with E-state index in [2.05, 4.69) is 58.1 Å². The molecule has 2 atom stereocenters. The number of hydrogen-bond donors (Lipinski definition) is 2. The van der Waals surface area contributed by atoms with Crippen LogP contribution in [0, 0.1) is 0 Å². The van der Waals surface area contributed by atoms with Crippen molar-refractivity contribution in [3.63, 3.8) is 0 Å². The summed E-state index contributed by atoms with van der Waals surface area (Å²) in [7, 11) is 0. The first kappa shape index (κ1) is 31.1. The summed E-state index contributed by atoms with van der Waals surface area (Å²) in [6, 6.07) is 28.3. The number of ether oxygens (including phenoxy) is 1. The lowest BCUT2D eigenvalue weighted by Gasteiger charge is -2.25. The molecule has 0 spiro atoms. The van der Waals surface area contributed by atoms with E-state index in [1.54, 1.807) is 18.0 Å². The van der Waals surface area contributed by atoms with Gasteiger partial charge in [0.05, 0.1) is 5.25 Å². The van der Waals surface area contributed by atoms with Gasteiger partial charge in [0.15, 0.2) is 0 Å². The van der Waals surface area contributed by atoms with Crippen LogP contribution in [0.5, 0.6) is 0 Å². The first-order valence-corrected chi connectivity index (χ1v) is 15.6. The van der Waals surface area contributed by atoms with E-state index in [-0.39, 0.29) is 17.2 Å². The Hall–Kier alpha value is -3.84. The van der Waals surface area contributed by atoms with E-state index in [0.717, 1.165) is 40.3 Å². The van der Waals surface area contributed by atoms with Crippen LogP contribution in [0.25, 0.3) is 10.8 Å². The number of carbonyl (C=O) groups excluding carboxylic acids is 2. The van der Waals surface area contributed by atoms with E-state index in [1.807, 2.05) is 69.4 Å². The van der Waals surface area contributed by atoms with Crippen molar-refractivity contribution in [1.29, 1.82) is 0 Å². The zero-order valence-corrected chi connectivity index (χ0v) is 25.5. The molecule has 0 aliphatic rings. The largest absolute Gasteiger partial charge is 0.444 e. The van der Waals surface area contributed by atoms with E-state index >= 15 is 0 Å². The number of fused-ring (bicyclic) bond motifs is 1. The Bertz CT molecular complexity index is 1420. The molecule has 2 N–H and O–H groups in total. The predicted octanol–water partition coefficient (Wildman–Crippen LogP) is 6.76. The second-order valence-corrected chi connectivity index (χ2v) is 12.7. The molecule has 4 rings (SSSR count). The maximum Gasteiger partial charge on any atom is 0.407 e. The lowest BCUT2D eigenvalue weighted by molar-refractivity contribution is -0.120. The van der Waals surface area contributed by atoms with E-state index in [1.165, 1.54) is 0 Å². The molecule has 1 heterocycles. The summed E-state index contributed by atoms with van der Waals surface area (Å²) in [6.45, 7) is 6.16. The lowest BCUT2D eigenvalue weighted by Crippen LogP contribution is -2.43. The molecule has 0 radical (unpaired) electrons. The molecule has 0 fully saturated rings. The average molecular weight is 584 g/mol. The maximum absolute atomic E-state index is 13.5. The molecule has 220 valence electrons. The number of pyridine rings is 1. The lowest BCUT2D eigenvalue weighted by atomic mass is 9.99. The SMILES string of the molecule is CC(C)(C)OC(=O)N[C@@H](CS[C@@H](Cc1ccccc1)C(=O)NCCCc1cccnc1)Cc1cccc2ccccc12. The highest BCUT2D eigenvalue weighted by molar-refractivity contribution is 8.00. The van der Waals surface area contributed by atoms with Gasteiger partial charge in [0.1, 0.15) is 5.60 Å². The van der Waals surface area contributed by atoms with Gasteiger partial charge in [-0.1, -0.05) is 78.9 Å². The van der Waals surface area contributed by atoms with Gasteiger partial charge in [-0.25, -0.2) is 4.79 Å². The standard InChI is InChI=1S/C35H41N3O3S/c1-35(2,3)41-34(40)38-30(23-29-18-9-17-28-16-7-8-19-31(28)29)25-42-32(22-26-12-5-4-6-13-26)33(39)37-21-11-15-27-14-10-20-36-24-27/h4-10,12-14,16-20,24,30,32H,11,15,21-23,25H2,1-3H3,(H,37,39)(H,38,40)/t30-,32+/m1/s1. The molecule has 0 aliphatic heterocycles. The Morgan fingerprint density at radius 1 is 0.881 bits per heavy atom. The molecule has 3 aromatic carbocycles. The number of thioether (sulfide) groups is 1. The molecular formula is C35H41N3O3S. The Morgan fingerprint density at radius 2 is 1.62 bits per heavy atom. The molecule has 0 saturated carbocycles. The minimum atomic E-state index is -0.604. The van der Waals surface area contributed by atoms with Crippen LogP contribution in [0.15, 0.2) is 97.3 Å². The van der Waals surface area contributed by atoms with Crippen LogP contribution < -0.4 is 10.6 Å². The molecule has 4 aromatic rings. The molecule has 1 aromatic heterocycles. The van der Waals surface area contributed by atoms with Crippen molar-refractivity contribution in [2.24, 2.45) is 0 Å². The zero-order valence-electron chi connectivity index (χ0n) is 24.7. The van der Waals surface area contributed by atoms with E-state index in [9.17, 15) is 9.59 Å². The van der Waals surface area contributed by atoms with Crippen molar-refractivity contribution in [3.05, 3.63) is 114 Å². The molecule has 0 bridgehead atoms. The van der Waals surface area contributed by atoms with Crippen molar-refractivity contribution in [2.75, 3.05) is 12.3 Å². The quantitative estimate of drug-likeness (QED) is 0.170. The number of amides is 2. The first-order chi connectivity index (χ1) is 20.3. The highest BCUT2D eigenvalue weighted by Gasteiger charge is 2.25. The van der Waals surface area contributed by atoms with Crippen molar-refractivity contribution >= 4 is 34.5 Å². The second kappa shape index (κ2) is 15.4. The Morgan fingerprint density at radius 3 is 2.38 bits per heavy atom. The Labute approximate surface area is 253 Å². The van der Waals surface area contributed by atoms with Gasteiger partial charge in [0, 0.05) is 30.7 Å². The van der Waals surface area contributed by atoms with Crippen molar-refractivity contribution < 1.29 is 14.3 Å². The van der Waals surface area contributed by atoms with Crippen molar-refractivity contribution in [3.8, 4) is 0 Å². The summed E-state index contributed by atoms with van der Waals surface area (Å²) in [5.74, 6) is 0.569. The van der Waals surface area contributed by atoms with Crippen LogP contribution >= 0.6 is 11.8 Å². The maximum atomic E-state index is 13.5. The van der Waals surface area contributed by atoms with Gasteiger partial charge < -0.3 is 15.4 Å². The molecule has 6 nitrogen and oxygen atoms in total. The summed E-state index contributed by atoms with van der Waals surface area (Å²) in [5, 5.41) is 8.26. The monoisotopic (exact) mass is 583 g/mol. The van der Waals surface area contributed by atoms with Gasteiger partial charge in [-0.3, -0.25) is 9.78 Å². The van der Waals surface area contributed by atoms with Crippen LogP contribution in [0.4, 0.5) is 4.79 Å². The van der Waals surface area contributed by atoms with Crippen LogP contribution in [-0.4, -0.2) is 46.2 Å².